The Morgan fingerprint density at radius 2 is 1.76 bits per heavy atom. The van der Waals surface area contributed by atoms with Crippen LogP contribution in [0.3, 0.4) is 0 Å². The molecule has 1 N–H and O–H groups in total. The number of rotatable bonds is 8. The van der Waals surface area contributed by atoms with Gasteiger partial charge in [-0.3, -0.25) is 23.9 Å². The van der Waals surface area contributed by atoms with Crippen molar-refractivity contribution in [2.24, 2.45) is 11.0 Å². The van der Waals surface area contributed by atoms with Crippen LogP contribution in [-0.4, -0.2) is 43.5 Å². The summed E-state index contributed by atoms with van der Waals surface area (Å²) in [6.07, 6.45) is 10.5. The standard InChI is InChI=1S/C32H32N6O3/c1-4-9-27-26(31(39)38(20(2)33-27)19-28-25-12-7-8-13-29(25)37(3)35-28)18-21-14-16-22(17-15-21)23-10-5-6-11-24(23)30-34-32(40)41-36-30/h5-8,10-17,25,29H,4,9,18-19H2,1-3H3,(H,34,36,40). The summed E-state index contributed by atoms with van der Waals surface area (Å²) < 4.78 is 6.49. The zero-order valence-corrected chi connectivity index (χ0v) is 23.4. The number of hydrazone groups is 1. The van der Waals surface area contributed by atoms with Crippen molar-refractivity contribution in [2.75, 3.05) is 7.05 Å². The quantitative estimate of drug-likeness (QED) is 0.347. The molecule has 41 heavy (non-hydrogen) atoms. The Balaban J connectivity index is 1.31. The minimum Gasteiger partial charge on any atom is -0.296 e. The average molecular weight is 549 g/mol. The Hall–Kier alpha value is -4.79. The fourth-order valence-electron chi connectivity index (χ4n) is 5.75. The maximum atomic E-state index is 14.0. The lowest BCUT2D eigenvalue weighted by Gasteiger charge is -2.22. The predicted octanol–water partition coefficient (Wildman–Crippen LogP) is 4.52. The van der Waals surface area contributed by atoms with E-state index in [1.807, 2.05) is 79.7 Å². The third kappa shape index (κ3) is 5.11. The van der Waals surface area contributed by atoms with Crippen LogP contribution >= 0.6 is 0 Å². The highest BCUT2D eigenvalue weighted by molar-refractivity contribution is 5.90. The van der Waals surface area contributed by atoms with Gasteiger partial charge in [0.1, 0.15) is 5.82 Å². The molecular formula is C32H32N6O3. The van der Waals surface area contributed by atoms with Crippen molar-refractivity contribution in [3.63, 3.8) is 0 Å². The topological polar surface area (TPSA) is 109 Å². The molecule has 2 aliphatic rings. The van der Waals surface area contributed by atoms with Crippen molar-refractivity contribution < 1.29 is 4.52 Å². The second-order valence-electron chi connectivity index (χ2n) is 10.5. The van der Waals surface area contributed by atoms with Gasteiger partial charge in [-0.2, -0.15) is 5.10 Å². The molecule has 2 aromatic heterocycles. The molecule has 1 aliphatic carbocycles. The molecule has 0 spiro atoms. The first kappa shape index (κ1) is 26.4. The molecule has 0 radical (unpaired) electrons. The van der Waals surface area contributed by atoms with Gasteiger partial charge in [-0.25, -0.2) is 9.78 Å². The SMILES string of the molecule is CCCc1nc(C)n(CC2=NN(C)C3C=CC=CC23)c(=O)c1Cc1ccc(-c2ccccc2-c2noc(=O)[nH]2)cc1. The Bertz CT molecular complexity index is 1790. The van der Waals surface area contributed by atoms with Gasteiger partial charge in [0.2, 0.25) is 0 Å². The second-order valence-corrected chi connectivity index (χ2v) is 10.5. The lowest BCUT2D eigenvalue weighted by Crippen LogP contribution is -2.35. The monoisotopic (exact) mass is 548 g/mol. The van der Waals surface area contributed by atoms with Gasteiger partial charge in [0, 0.05) is 30.5 Å². The maximum absolute atomic E-state index is 14.0. The van der Waals surface area contributed by atoms with Gasteiger partial charge in [-0.15, -0.1) is 0 Å². The molecule has 2 aromatic carbocycles. The van der Waals surface area contributed by atoms with Crippen LogP contribution in [-0.2, 0) is 19.4 Å². The Morgan fingerprint density at radius 1 is 1.00 bits per heavy atom. The van der Waals surface area contributed by atoms with E-state index in [2.05, 4.69) is 29.2 Å². The van der Waals surface area contributed by atoms with Crippen molar-refractivity contribution in [1.29, 1.82) is 0 Å². The molecule has 2 atom stereocenters. The van der Waals surface area contributed by atoms with E-state index in [-0.39, 0.29) is 17.5 Å². The van der Waals surface area contributed by atoms with Crippen molar-refractivity contribution in [3.8, 4) is 22.5 Å². The highest BCUT2D eigenvalue weighted by atomic mass is 16.5. The molecule has 9 nitrogen and oxygen atoms in total. The zero-order chi connectivity index (χ0) is 28.5. The van der Waals surface area contributed by atoms with Crippen LogP contribution in [0.5, 0.6) is 0 Å². The largest absolute Gasteiger partial charge is 0.439 e. The van der Waals surface area contributed by atoms with Crippen LogP contribution in [0.4, 0.5) is 0 Å². The number of likely N-dealkylation sites (N-methyl/N-ethyl adjacent to an activating group) is 1. The normalized spacial score (nSPS) is 17.6. The number of aromatic nitrogens is 4. The van der Waals surface area contributed by atoms with E-state index in [4.69, 9.17) is 14.6 Å². The van der Waals surface area contributed by atoms with Crippen LogP contribution in [0.15, 0.2) is 92.0 Å². The van der Waals surface area contributed by atoms with Crippen molar-refractivity contribution in [1.82, 2.24) is 24.7 Å². The highest BCUT2D eigenvalue weighted by Gasteiger charge is 2.33. The lowest BCUT2D eigenvalue weighted by molar-refractivity contribution is 0.307. The molecule has 9 heteroatoms. The first-order valence-corrected chi connectivity index (χ1v) is 13.9. The van der Waals surface area contributed by atoms with E-state index in [9.17, 15) is 9.59 Å². The maximum Gasteiger partial charge on any atom is 0.439 e. The third-order valence-corrected chi connectivity index (χ3v) is 7.82. The number of nitrogens with zero attached hydrogens (tertiary/aromatic N) is 5. The van der Waals surface area contributed by atoms with Crippen LogP contribution in [0.25, 0.3) is 22.5 Å². The van der Waals surface area contributed by atoms with Crippen molar-refractivity contribution >= 4 is 5.71 Å². The summed E-state index contributed by atoms with van der Waals surface area (Å²) in [6, 6.07) is 16.0. The number of nitrogens with one attached hydrogen (secondary N) is 1. The zero-order valence-electron chi connectivity index (χ0n) is 23.4. The average Bonchev–Trinajstić information content (AvgIpc) is 3.56. The molecule has 3 heterocycles. The fraction of sp³-hybridized carbons (Fsp3) is 0.281. The molecule has 4 aromatic rings. The van der Waals surface area contributed by atoms with Crippen LogP contribution in [0, 0.1) is 12.8 Å². The Morgan fingerprint density at radius 3 is 2.49 bits per heavy atom. The molecular weight excluding hydrogens is 516 g/mol. The summed E-state index contributed by atoms with van der Waals surface area (Å²) in [5, 5.41) is 10.6. The Labute approximate surface area is 237 Å². The predicted molar refractivity (Wildman–Crippen MR) is 159 cm³/mol. The summed E-state index contributed by atoms with van der Waals surface area (Å²) in [5.41, 5.74) is 6.23. The molecule has 1 aliphatic heterocycles. The summed E-state index contributed by atoms with van der Waals surface area (Å²) in [7, 11) is 1.98. The van der Waals surface area contributed by atoms with E-state index in [1.165, 1.54) is 0 Å². The van der Waals surface area contributed by atoms with Gasteiger partial charge in [-0.1, -0.05) is 91.3 Å². The smallest absolute Gasteiger partial charge is 0.296 e. The number of fused-ring (bicyclic) bond motifs is 1. The fourth-order valence-corrected chi connectivity index (χ4v) is 5.75. The number of H-pyrrole nitrogens is 1. The van der Waals surface area contributed by atoms with Gasteiger partial charge in [0.25, 0.3) is 5.56 Å². The summed E-state index contributed by atoms with van der Waals surface area (Å²) in [4.78, 5) is 33.1. The van der Waals surface area contributed by atoms with E-state index < -0.39 is 5.76 Å². The number of hydrogen-bond donors (Lipinski definition) is 1. The second kappa shape index (κ2) is 11.0. The third-order valence-electron chi connectivity index (χ3n) is 7.82. The van der Waals surface area contributed by atoms with Crippen LogP contribution < -0.4 is 11.3 Å². The first-order chi connectivity index (χ1) is 19.9. The van der Waals surface area contributed by atoms with E-state index in [0.29, 0.717) is 24.6 Å². The lowest BCUT2D eigenvalue weighted by atomic mass is 9.91. The molecule has 0 saturated carbocycles. The summed E-state index contributed by atoms with van der Waals surface area (Å²) in [5.74, 6) is 0.656. The molecule has 208 valence electrons. The Kier molecular flexibility index (Phi) is 7.09. The van der Waals surface area contributed by atoms with Crippen LogP contribution in [0.2, 0.25) is 0 Å². The van der Waals surface area contributed by atoms with E-state index in [0.717, 1.165) is 52.1 Å². The number of benzene rings is 2. The summed E-state index contributed by atoms with van der Waals surface area (Å²) >= 11 is 0. The van der Waals surface area contributed by atoms with E-state index in [1.54, 1.807) is 4.57 Å². The molecule has 0 bridgehead atoms. The molecule has 6 rings (SSSR count). The van der Waals surface area contributed by atoms with Gasteiger partial charge < -0.3 is 0 Å². The highest BCUT2D eigenvalue weighted by Crippen LogP contribution is 2.30. The molecule has 0 fully saturated rings. The number of hydrogen-bond acceptors (Lipinski definition) is 7. The molecule has 0 saturated heterocycles. The van der Waals surface area contributed by atoms with Crippen molar-refractivity contribution in [3.05, 3.63) is 116 Å². The van der Waals surface area contributed by atoms with Crippen LogP contribution in [0.1, 0.15) is 36.0 Å². The van der Waals surface area contributed by atoms with E-state index >= 15 is 0 Å². The minimum atomic E-state index is -0.593. The van der Waals surface area contributed by atoms with Gasteiger partial charge in [-0.05, 0) is 30.0 Å². The van der Waals surface area contributed by atoms with Gasteiger partial charge in [0.15, 0.2) is 5.82 Å². The molecule has 2 unspecified atom stereocenters. The van der Waals surface area contributed by atoms with Crippen molar-refractivity contribution in [2.45, 2.75) is 45.7 Å². The number of aromatic amines is 1. The number of aryl methyl sites for hydroxylation is 2. The summed E-state index contributed by atoms with van der Waals surface area (Å²) in [6.45, 7) is 4.43. The number of allylic oxidation sites excluding steroid dienone is 2. The van der Waals surface area contributed by atoms with Gasteiger partial charge in [0.05, 0.1) is 24.0 Å². The van der Waals surface area contributed by atoms with Gasteiger partial charge >= 0.3 is 5.76 Å². The minimum absolute atomic E-state index is 0.00510. The first-order valence-electron chi connectivity index (χ1n) is 13.9. The molecule has 0 amide bonds.